The third-order valence-corrected chi connectivity index (χ3v) is 7.07. The number of aromatic nitrogens is 5. The molecule has 4 aromatic heterocycles. The monoisotopic (exact) mass is 483 g/mol. The van der Waals surface area contributed by atoms with E-state index in [0.29, 0.717) is 20.9 Å². The van der Waals surface area contributed by atoms with Crippen LogP contribution in [-0.2, 0) is 0 Å². The Morgan fingerprint density at radius 2 is 1.82 bits per heavy atom. The van der Waals surface area contributed by atoms with Crippen LogP contribution in [0, 0.1) is 0 Å². The maximum atomic E-state index is 13.6. The second-order valence-corrected chi connectivity index (χ2v) is 9.06. The molecule has 0 atom stereocenters. The minimum Gasteiger partial charge on any atom is -0.306 e. The lowest BCUT2D eigenvalue weighted by Gasteiger charge is -2.09. The van der Waals surface area contributed by atoms with Crippen LogP contribution in [0.1, 0.15) is 0 Å². The van der Waals surface area contributed by atoms with Crippen LogP contribution in [0.4, 0.5) is 0 Å². The molecule has 34 heavy (non-hydrogen) atoms. The minimum atomic E-state index is -0.530. The average Bonchev–Trinajstić information content (AvgIpc) is 3.28. The standard InChI is InChI=1S/C25H14ClN5O2S/c26-18-7-3-6-17(15-8-9-28-29-12-15)22(18)21-10-19-23(34-21)24(32)31(25(33)30-19)20-13-27-11-14-4-1-2-5-16(14)20/h1-13H,(H,30,33). The van der Waals surface area contributed by atoms with Crippen molar-refractivity contribution in [2.24, 2.45) is 0 Å². The van der Waals surface area contributed by atoms with E-state index in [-0.39, 0.29) is 0 Å². The molecular formula is C25H14ClN5O2S. The molecule has 0 saturated heterocycles. The zero-order chi connectivity index (χ0) is 23.2. The molecule has 0 aliphatic carbocycles. The summed E-state index contributed by atoms with van der Waals surface area (Å²) < 4.78 is 1.55. The van der Waals surface area contributed by atoms with Crippen molar-refractivity contribution in [3.8, 4) is 27.3 Å². The normalized spacial score (nSPS) is 11.3. The van der Waals surface area contributed by atoms with Crippen LogP contribution in [-0.4, -0.2) is 24.7 Å². The van der Waals surface area contributed by atoms with Gasteiger partial charge in [0.2, 0.25) is 0 Å². The summed E-state index contributed by atoms with van der Waals surface area (Å²) in [6, 6.07) is 16.7. The van der Waals surface area contributed by atoms with Gasteiger partial charge in [0, 0.05) is 38.0 Å². The van der Waals surface area contributed by atoms with Gasteiger partial charge < -0.3 is 4.98 Å². The zero-order valence-corrected chi connectivity index (χ0v) is 19.0. The lowest BCUT2D eigenvalue weighted by molar-refractivity contribution is 0.905. The van der Waals surface area contributed by atoms with Crippen molar-refractivity contribution in [1.29, 1.82) is 0 Å². The van der Waals surface area contributed by atoms with Crippen molar-refractivity contribution in [1.82, 2.24) is 24.7 Å². The third-order valence-electron chi connectivity index (χ3n) is 5.62. The average molecular weight is 484 g/mol. The molecule has 0 unspecified atom stereocenters. The van der Waals surface area contributed by atoms with Gasteiger partial charge in [0.1, 0.15) is 4.70 Å². The highest BCUT2D eigenvalue weighted by Gasteiger charge is 2.19. The molecule has 0 aliphatic rings. The van der Waals surface area contributed by atoms with Crippen LogP contribution in [0.25, 0.3) is 48.2 Å². The van der Waals surface area contributed by atoms with Crippen LogP contribution < -0.4 is 11.2 Å². The van der Waals surface area contributed by atoms with E-state index >= 15 is 0 Å². The summed E-state index contributed by atoms with van der Waals surface area (Å²) in [5.41, 5.74) is 2.41. The first kappa shape index (κ1) is 20.5. The molecule has 9 heteroatoms. The number of halogens is 1. The van der Waals surface area contributed by atoms with Gasteiger partial charge in [-0.05, 0) is 23.8 Å². The van der Waals surface area contributed by atoms with Crippen molar-refractivity contribution in [2.75, 3.05) is 0 Å². The number of rotatable bonds is 3. The fourth-order valence-corrected chi connectivity index (χ4v) is 5.54. The van der Waals surface area contributed by atoms with Crippen LogP contribution >= 0.6 is 22.9 Å². The lowest BCUT2D eigenvalue weighted by atomic mass is 10.0. The Morgan fingerprint density at radius 1 is 0.941 bits per heavy atom. The molecule has 0 aliphatic heterocycles. The molecule has 0 bridgehead atoms. The van der Waals surface area contributed by atoms with Gasteiger partial charge >= 0.3 is 5.69 Å². The number of thiophene rings is 1. The Hall–Kier alpha value is -4.14. The predicted molar refractivity (Wildman–Crippen MR) is 135 cm³/mol. The highest BCUT2D eigenvalue weighted by atomic mass is 35.5. The molecule has 164 valence electrons. The summed E-state index contributed by atoms with van der Waals surface area (Å²) in [5.74, 6) is 0. The molecule has 0 spiro atoms. The number of hydrogen-bond acceptors (Lipinski definition) is 6. The summed E-state index contributed by atoms with van der Waals surface area (Å²) in [6.07, 6.45) is 6.50. The SMILES string of the molecule is O=c1[nH]c2cc(-c3c(Cl)cccc3-c3ccnnc3)sc2c(=O)n1-c1cncc2ccccc12. The Balaban J connectivity index is 1.61. The van der Waals surface area contributed by atoms with Crippen molar-refractivity contribution in [3.05, 3.63) is 105 Å². The van der Waals surface area contributed by atoms with Crippen molar-refractivity contribution >= 4 is 43.9 Å². The second kappa shape index (κ2) is 8.02. The Kier molecular flexibility index (Phi) is 4.83. The van der Waals surface area contributed by atoms with Gasteiger partial charge in [-0.3, -0.25) is 9.78 Å². The fraction of sp³-hybridized carbons (Fsp3) is 0. The van der Waals surface area contributed by atoms with Crippen molar-refractivity contribution in [2.45, 2.75) is 0 Å². The Labute approximate surface area is 201 Å². The van der Waals surface area contributed by atoms with E-state index in [4.69, 9.17) is 11.6 Å². The quantitative estimate of drug-likeness (QED) is 0.379. The van der Waals surface area contributed by atoms with E-state index in [1.165, 1.54) is 17.5 Å². The molecule has 0 radical (unpaired) electrons. The fourth-order valence-electron chi connectivity index (χ4n) is 4.09. The van der Waals surface area contributed by atoms with Gasteiger partial charge in [-0.2, -0.15) is 10.2 Å². The maximum Gasteiger partial charge on any atom is 0.333 e. The molecule has 6 rings (SSSR count). The number of hydrogen-bond donors (Lipinski definition) is 1. The summed E-state index contributed by atoms with van der Waals surface area (Å²) >= 11 is 7.89. The van der Waals surface area contributed by atoms with Crippen LogP contribution in [0.2, 0.25) is 5.02 Å². The lowest BCUT2D eigenvalue weighted by Crippen LogP contribution is -2.33. The first-order valence-corrected chi connectivity index (χ1v) is 11.5. The number of nitrogens with zero attached hydrogens (tertiary/aromatic N) is 4. The predicted octanol–water partition coefficient (Wildman–Crippen LogP) is 5.07. The summed E-state index contributed by atoms with van der Waals surface area (Å²) in [5, 5.41) is 9.94. The second-order valence-electron chi connectivity index (χ2n) is 7.60. The third kappa shape index (κ3) is 3.23. The van der Waals surface area contributed by atoms with Gasteiger partial charge in [0.25, 0.3) is 5.56 Å². The summed E-state index contributed by atoms with van der Waals surface area (Å²) in [4.78, 5) is 34.4. The smallest absolute Gasteiger partial charge is 0.306 e. The van der Waals surface area contributed by atoms with E-state index < -0.39 is 11.2 Å². The number of fused-ring (bicyclic) bond motifs is 2. The number of H-pyrrole nitrogens is 1. The van der Waals surface area contributed by atoms with E-state index in [1.807, 2.05) is 42.5 Å². The van der Waals surface area contributed by atoms with E-state index in [0.717, 1.165) is 36.9 Å². The van der Waals surface area contributed by atoms with Crippen LogP contribution in [0.5, 0.6) is 0 Å². The van der Waals surface area contributed by atoms with Crippen molar-refractivity contribution in [3.63, 3.8) is 0 Å². The molecule has 2 aromatic carbocycles. The Bertz CT molecular complexity index is 1820. The number of pyridine rings is 1. The minimum absolute atomic E-state index is 0.410. The largest absolute Gasteiger partial charge is 0.333 e. The van der Waals surface area contributed by atoms with Crippen molar-refractivity contribution < 1.29 is 0 Å². The van der Waals surface area contributed by atoms with Gasteiger partial charge in [-0.25, -0.2) is 9.36 Å². The zero-order valence-electron chi connectivity index (χ0n) is 17.4. The van der Waals surface area contributed by atoms with Gasteiger partial charge in [-0.1, -0.05) is 48.0 Å². The molecule has 0 saturated carbocycles. The first-order chi connectivity index (χ1) is 16.6. The molecular weight excluding hydrogens is 470 g/mol. The first-order valence-electron chi connectivity index (χ1n) is 10.3. The van der Waals surface area contributed by atoms with E-state index in [1.54, 1.807) is 30.7 Å². The number of benzene rings is 2. The highest BCUT2D eigenvalue weighted by Crippen LogP contribution is 2.41. The topological polar surface area (TPSA) is 93.5 Å². The van der Waals surface area contributed by atoms with Gasteiger partial charge in [0.05, 0.1) is 29.8 Å². The molecule has 0 amide bonds. The summed E-state index contributed by atoms with van der Waals surface area (Å²) in [7, 11) is 0. The molecule has 0 fully saturated rings. The number of aromatic amines is 1. The van der Waals surface area contributed by atoms with Crippen LogP contribution in [0.15, 0.2) is 89.0 Å². The Morgan fingerprint density at radius 3 is 2.68 bits per heavy atom. The molecule has 6 aromatic rings. The molecule has 7 nitrogen and oxygen atoms in total. The maximum absolute atomic E-state index is 13.6. The van der Waals surface area contributed by atoms with Crippen LogP contribution in [0.3, 0.4) is 0 Å². The van der Waals surface area contributed by atoms with E-state index in [2.05, 4.69) is 20.2 Å². The molecule has 4 heterocycles. The number of nitrogens with one attached hydrogen (secondary N) is 1. The van der Waals surface area contributed by atoms with Gasteiger partial charge in [0.15, 0.2) is 0 Å². The highest BCUT2D eigenvalue weighted by molar-refractivity contribution is 7.22. The van der Waals surface area contributed by atoms with E-state index in [9.17, 15) is 9.59 Å². The molecule has 1 N–H and O–H groups in total. The summed E-state index contributed by atoms with van der Waals surface area (Å²) in [6.45, 7) is 0. The van der Waals surface area contributed by atoms with Gasteiger partial charge in [-0.15, -0.1) is 11.3 Å².